The zero-order chi connectivity index (χ0) is 7.84. The Morgan fingerprint density at radius 2 is 2.00 bits per heavy atom. The summed E-state index contributed by atoms with van der Waals surface area (Å²) in [6.45, 7) is 0. The second kappa shape index (κ2) is 1.88. The van der Waals surface area contributed by atoms with Crippen LogP contribution in [-0.2, 0) is 0 Å². The van der Waals surface area contributed by atoms with Crippen molar-refractivity contribution in [2.45, 2.75) is 0 Å². The average molecular weight is 148 g/mol. The van der Waals surface area contributed by atoms with Crippen LogP contribution in [0.25, 0.3) is 10.9 Å². The molecule has 0 aliphatic heterocycles. The molecule has 4 nitrogen and oxygen atoms in total. The molecule has 4 heteroatoms. The zero-order valence-electron chi connectivity index (χ0n) is 5.86. The topological polar surface area (TPSA) is 69.9 Å². The number of para-hydroxylation sites is 1. The minimum absolute atomic E-state index is 0.475. The summed E-state index contributed by atoms with van der Waals surface area (Å²) >= 11 is 0. The summed E-state index contributed by atoms with van der Waals surface area (Å²) in [7, 11) is 0. The molecule has 0 fully saturated rings. The fourth-order valence-corrected chi connectivity index (χ4v) is 1.11. The summed E-state index contributed by atoms with van der Waals surface area (Å²) in [5.41, 5.74) is 6.42. The summed E-state index contributed by atoms with van der Waals surface area (Å²) in [4.78, 5) is 1.28. The van der Waals surface area contributed by atoms with Crippen molar-refractivity contribution in [3.05, 3.63) is 24.3 Å². The number of nitrogens with two attached hydrogens (primary N) is 2. The lowest BCUT2D eigenvalue weighted by atomic mass is 10.2. The molecule has 1 aromatic heterocycles. The summed E-state index contributed by atoms with van der Waals surface area (Å²) in [6, 6.07) is 7.56. The highest BCUT2D eigenvalue weighted by Crippen LogP contribution is 2.17. The summed E-state index contributed by atoms with van der Waals surface area (Å²) in [5, 5.41) is 4.76. The molecule has 1 heterocycles. The second-order valence-corrected chi connectivity index (χ2v) is 2.35. The van der Waals surface area contributed by atoms with Gasteiger partial charge in [0.15, 0.2) is 5.82 Å². The third-order valence-electron chi connectivity index (χ3n) is 1.64. The van der Waals surface area contributed by atoms with Gasteiger partial charge < -0.3 is 11.6 Å². The Hall–Kier alpha value is -1.71. The van der Waals surface area contributed by atoms with Gasteiger partial charge in [0.25, 0.3) is 0 Å². The maximum Gasteiger partial charge on any atom is 0.155 e. The van der Waals surface area contributed by atoms with Crippen LogP contribution in [0.5, 0.6) is 0 Å². The lowest BCUT2D eigenvalue weighted by Crippen LogP contribution is -2.09. The Labute approximate surface area is 63.4 Å². The molecule has 2 rings (SSSR count). The first-order chi connectivity index (χ1) is 5.29. The van der Waals surface area contributed by atoms with Crippen molar-refractivity contribution in [2.75, 3.05) is 11.6 Å². The highest BCUT2D eigenvalue weighted by Gasteiger charge is 2.02. The summed E-state index contributed by atoms with van der Waals surface area (Å²) < 4.78 is 0. The Kier molecular flexibility index (Phi) is 1.03. The van der Waals surface area contributed by atoms with E-state index in [9.17, 15) is 0 Å². The van der Waals surface area contributed by atoms with E-state index in [0.717, 1.165) is 10.9 Å². The number of benzene rings is 1. The normalized spacial score (nSPS) is 10.5. The van der Waals surface area contributed by atoms with Gasteiger partial charge in [-0.2, -0.15) is 4.79 Å². The van der Waals surface area contributed by atoms with Gasteiger partial charge in [-0.15, -0.1) is 5.10 Å². The molecule has 0 bridgehead atoms. The predicted octanol–water partition coefficient (Wildman–Crippen LogP) is 0.332. The van der Waals surface area contributed by atoms with Gasteiger partial charge in [-0.3, -0.25) is 0 Å². The van der Waals surface area contributed by atoms with E-state index in [4.69, 9.17) is 11.6 Å². The number of nitrogen functional groups attached to an aromatic ring is 2. The predicted molar refractivity (Wildman–Crippen MR) is 44.3 cm³/mol. The molecule has 1 aromatic carbocycles. The lowest BCUT2D eigenvalue weighted by Gasteiger charge is -1.89. The Morgan fingerprint density at radius 3 is 2.73 bits per heavy atom. The van der Waals surface area contributed by atoms with Crippen molar-refractivity contribution in [3.8, 4) is 0 Å². The first-order valence-corrected chi connectivity index (χ1v) is 3.27. The van der Waals surface area contributed by atoms with E-state index in [0.29, 0.717) is 5.82 Å². The molecule has 56 valence electrons. The van der Waals surface area contributed by atoms with Crippen molar-refractivity contribution in [1.29, 1.82) is 0 Å². The van der Waals surface area contributed by atoms with Gasteiger partial charge in [0.05, 0.1) is 5.52 Å². The van der Waals surface area contributed by atoms with Crippen LogP contribution >= 0.6 is 0 Å². The van der Waals surface area contributed by atoms with Crippen LogP contribution in [0.15, 0.2) is 24.3 Å². The molecule has 0 unspecified atom stereocenters. The first kappa shape index (κ1) is 6.03. The van der Waals surface area contributed by atoms with Gasteiger partial charge >= 0.3 is 0 Å². The fourth-order valence-electron chi connectivity index (χ4n) is 1.11. The molecule has 0 saturated carbocycles. The van der Waals surface area contributed by atoms with Crippen LogP contribution in [0, 0.1) is 0 Å². The maximum absolute atomic E-state index is 5.57. The smallest absolute Gasteiger partial charge is 0.155 e. The van der Waals surface area contributed by atoms with E-state index in [1.54, 1.807) is 0 Å². The minimum atomic E-state index is 0.475. The van der Waals surface area contributed by atoms with Crippen LogP contribution in [0.4, 0.5) is 5.82 Å². The number of hydrogen-bond donors (Lipinski definition) is 2. The van der Waals surface area contributed by atoms with E-state index in [1.165, 1.54) is 4.79 Å². The monoisotopic (exact) mass is 148 g/mol. The van der Waals surface area contributed by atoms with E-state index in [1.807, 2.05) is 24.3 Å². The molecule has 11 heavy (non-hydrogen) atoms. The Bertz CT molecular complexity index is 354. The average Bonchev–Trinajstić information content (AvgIpc) is 2.30. The molecule has 4 N–H and O–H groups in total. The SMILES string of the molecule is Nc1nn(N)c2ccccc12. The molecular formula is C7H8N4. The molecule has 0 amide bonds. The van der Waals surface area contributed by atoms with Gasteiger partial charge in [-0.05, 0) is 12.1 Å². The zero-order valence-corrected chi connectivity index (χ0v) is 5.86. The van der Waals surface area contributed by atoms with Crippen molar-refractivity contribution in [3.63, 3.8) is 0 Å². The molecule has 0 spiro atoms. The molecule has 0 saturated heterocycles. The van der Waals surface area contributed by atoms with Gasteiger partial charge in [0.1, 0.15) is 0 Å². The van der Waals surface area contributed by atoms with E-state index >= 15 is 0 Å². The lowest BCUT2D eigenvalue weighted by molar-refractivity contribution is 0.868. The van der Waals surface area contributed by atoms with Crippen LogP contribution < -0.4 is 11.6 Å². The quantitative estimate of drug-likeness (QED) is 0.529. The minimum Gasteiger partial charge on any atom is -0.382 e. The summed E-state index contributed by atoms with van der Waals surface area (Å²) in [6.07, 6.45) is 0. The molecule has 0 radical (unpaired) electrons. The van der Waals surface area contributed by atoms with Crippen molar-refractivity contribution < 1.29 is 0 Å². The third kappa shape index (κ3) is 0.724. The molecule has 2 aromatic rings. The molecule has 0 aliphatic carbocycles. The first-order valence-electron chi connectivity index (χ1n) is 3.27. The van der Waals surface area contributed by atoms with E-state index in [-0.39, 0.29) is 0 Å². The third-order valence-corrected chi connectivity index (χ3v) is 1.64. The number of hydrogen-bond acceptors (Lipinski definition) is 3. The van der Waals surface area contributed by atoms with Gasteiger partial charge in [0, 0.05) is 5.39 Å². The highest BCUT2D eigenvalue weighted by molar-refractivity contribution is 5.88. The fraction of sp³-hybridized carbons (Fsp3) is 0. The van der Waals surface area contributed by atoms with Crippen molar-refractivity contribution >= 4 is 16.7 Å². The van der Waals surface area contributed by atoms with E-state index in [2.05, 4.69) is 5.10 Å². The molecular weight excluding hydrogens is 140 g/mol. The van der Waals surface area contributed by atoms with Crippen LogP contribution in [0.3, 0.4) is 0 Å². The Balaban J connectivity index is 2.95. The number of rotatable bonds is 0. The van der Waals surface area contributed by atoms with Crippen LogP contribution in [0.2, 0.25) is 0 Å². The summed E-state index contributed by atoms with van der Waals surface area (Å²) in [5.74, 6) is 5.98. The number of nitrogens with zero attached hydrogens (tertiary/aromatic N) is 2. The van der Waals surface area contributed by atoms with Gasteiger partial charge in [-0.1, -0.05) is 12.1 Å². The van der Waals surface area contributed by atoms with E-state index < -0.39 is 0 Å². The van der Waals surface area contributed by atoms with Crippen molar-refractivity contribution in [2.24, 2.45) is 0 Å². The number of anilines is 1. The maximum atomic E-state index is 5.57. The standard InChI is InChI=1S/C7H8N4/c8-7-5-3-1-2-4-6(5)11(9)10-7/h1-4H,9H2,(H2,8,10). The number of fused-ring (bicyclic) bond motifs is 1. The van der Waals surface area contributed by atoms with Crippen molar-refractivity contribution in [1.82, 2.24) is 9.89 Å². The second-order valence-electron chi connectivity index (χ2n) is 2.35. The van der Waals surface area contributed by atoms with Gasteiger partial charge in [0.2, 0.25) is 0 Å². The molecule has 0 atom stereocenters. The number of aromatic nitrogens is 2. The molecule has 0 aliphatic rings. The van der Waals surface area contributed by atoms with Crippen LogP contribution in [0.1, 0.15) is 0 Å². The van der Waals surface area contributed by atoms with Gasteiger partial charge in [-0.25, -0.2) is 0 Å². The highest BCUT2D eigenvalue weighted by atomic mass is 15.5. The largest absolute Gasteiger partial charge is 0.382 e. The Morgan fingerprint density at radius 1 is 1.27 bits per heavy atom. The van der Waals surface area contributed by atoms with Crippen LogP contribution in [-0.4, -0.2) is 9.89 Å².